The average molecular weight is 455 g/mol. The molecule has 2 aromatic heterocycles. The van der Waals surface area contributed by atoms with Gasteiger partial charge in [-0.3, -0.25) is 14.9 Å². The average Bonchev–Trinajstić information content (AvgIpc) is 2.84. The van der Waals surface area contributed by atoms with E-state index in [1.165, 1.54) is 44.5 Å². The summed E-state index contributed by atoms with van der Waals surface area (Å²) < 4.78 is 0. The summed E-state index contributed by atoms with van der Waals surface area (Å²) in [5, 5.41) is 3.39. The van der Waals surface area contributed by atoms with Gasteiger partial charge in [0.25, 0.3) is 0 Å². The standard InChI is InChI=1S/C28H34N6/c1-21(32-25-7-8-26(31-18-25)20-33-10-5-11-33)14-23-15-22(6-9-28(23)29)24-16-27(19-30-17-24)34-12-3-2-4-13-34/h6-9,15-19,32H,1-5,10-14,20,29H2. The minimum absolute atomic E-state index is 0.647. The molecule has 6 nitrogen and oxygen atoms in total. The van der Waals surface area contributed by atoms with Gasteiger partial charge in [-0.15, -0.1) is 0 Å². The van der Waals surface area contributed by atoms with Gasteiger partial charge in [-0.25, -0.2) is 0 Å². The van der Waals surface area contributed by atoms with E-state index in [1.54, 1.807) is 0 Å². The Morgan fingerprint density at radius 3 is 2.50 bits per heavy atom. The highest BCUT2D eigenvalue weighted by Gasteiger charge is 2.15. The summed E-state index contributed by atoms with van der Waals surface area (Å²) in [6, 6.07) is 12.6. The van der Waals surface area contributed by atoms with Crippen molar-refractivity contribution >= 4 is 17.1 Å². The van der Waals surface area contributed by atoms with Crippen molar-refractivity contribution in [2.45, 2.75) is 38.6 Å². The predicted octanol–water partition coefficient (Wildman–Crippen LogP) is 5.09. The maximum Gasteiger partial charge on any atom is 0.0568 e. The normalized spacial score (nSPS) is 16.2. The van der Waals surface area contributed by atoms with Crippen LogP contribution in [-0.4, -0.2) is 41.0 Å². The Morgan fingerprint density at radius 1 is 0.912 bits per heavy atom. The van der Waals surface area contributed by atoms with Gasteiger partial charge in [-0.2, -0.15) is 0 Å². The van der Waals surface area contributed by atoms with Gasteiger partial charge in [-0.05, 0) is 80.2 Å². The van der Waals surface area contributed by atoms with Crippen LogP contribution in [0.3, 0.4) is 0 Å². The first kappa shape index (κ1) is 22.4. The molecule has 0 bridgehead atoms. The summed E-state index contributed by atoms with van der Waals surface area (Å²) in [6.45, 7) is 9.74. The van der Waals surface area contributed by atoms with Gasteiger partial charge in [0, 0.05) is 49.2 Å². The van der Waals surface area contributed by atoms with Gasteiger partial charge in [0.1, 0.15) is 0 Å². The first-order chi connectivity index (χ1) is 16.6. The first-order valence-corrected chi connectivity index (χ1v) is 12.3. The first-order valence-electron chi connectivity index (χ1n) is 12.3. The van der Waals surface area contributed by atoms with E-state index in [9.17, 15) is 0 Å². The zero-order valence-electron chi connectivity index (χ0n) is 19.8. The maximum atomic E-state index is 6.33. The number of hydrogen-bond acceptors (Lipinski definition) is 6. The minimum atomic E-state index is 0.647. The number of allylic oxidation sites excluding steroid dienone is 1. The van der Waals surface area contributed by atoms with Crippen molar-refractivity contribution < 1.29 is 0 Å². The molecule has 176 valence electrons. The molecule has 2 saturated heterocycles. The molecule has 0 saturated carbocycles. The van der Waals surface area contributed by atoms with Gasteiger partial charge in [0.2, 0.25) is 0 Å². The van der Waals surface area contributed by atoms with Crippen molar-refractivity contribution in [1.82, 2.24) is 14.9 Å². The van der Waals surface area contributed by atoms with Crippen LogP contribution in [0.2, 0.25) is 0 Å². The third-order valence-corrected chi connectivity index (χ3v) is 6.81. The fourth-order valence-electron chi connectivity index (χ4n) is 4.69. The van der Waals surface area contributed by atoms with Crippen molar-refractivity contribution in [1.29, 1.82) is 0 Å². The Kier molecular flexibility index (Phi) is 6.77. The van der Waals surface area contributed by atoms with Crippen LogP contribution in [0.1, 0.15) is 36.9 Å². The molecule has 3 N–H and O–H groups in total. The van der Waals surface area contributed by atoms with Gasteiger partial charge < -0.3 is 16.0 Å². The zero-order chi connectivity index (χ0) is 23.3. The number of nitrogens with two attached hydrogens (primary N) is 1. The SMILES string of the molecule is C=C(Cc1cc(-c2cncc(N3CCCCC3)c2)ccc1N)Nc1ccc(CN2CCC2)nc1. The lowest BCUT2D eigenvalue weighted by molar-refractivity contribution is 0.170. The van der Waals surface area contributed by atoms with E-state index in [4.69, 9.17) is 5.73 Å². The largest absolute Gasteiger partial charge is 0.398 e. The number of nitrogens with zero attached hydrogens (tertiary/aromatic N) is 4. The van der Waals surface area contributed by atoms with Crippen LogP contribution in [0.25, 0.3) is 11.1 Å². The van der Waals surface area contributed by atoms with Gasteiger partial charge in [0.05, 0.1) is 29.5 Å². The Morgan fingerprint density at radius 2 is 1.76 bits per heavy atom. The summed E-state index contributed by atoms with van der Waals surface area (Å²) >= 11 is 0. The predicted molar refractivity (Wildman–Crippen MR) is 141 cm³/mol. The molecular formula is C28H34N6. The second-order valence-corrected chi connectivity index (χ2v) is 9.47. The molecule has 3 aromatic rings. The van der Waals surface area contributed by atoms with Crippen LogP contribution >= 0.6 is 0 Å². The molecule has 4 heterocycles. The number of piperidine rings is 1. The lowest BCUT2D eigenvalue weighted by Crippen LogP contribution is -2.36. The second-order valence-electron chi connectivity index (χ2n) is 9.47. The Bertz CT molecular complexity index is 1130. The van der Waals surface area contributed by atoms with Crippen molar-refractivity contribution in [3.05, 3.63) is 78.5 Å². The summed E-state index contributed by atoms with van der Waals surface area (Å²) in [5.74, 6) is 0. The van der Waals surface area contributed by atoms with Crippen LogP contribution in [0.5, 0.6) is 0 Å². The van der Waals surface area contributed by atoms with Gasteiger partial charge in [0.15, 0.2) is 0 Å². The number of aromatic nitrogens is 2. The number of likely N-dealkylation sites (tertiary alicyclic amines) is 1. The van der Waals surface area contributed by atoms with Crippen molar-refractivity contribution in [3.63, 3.8) is 0 Å². The smallest absolute Gasteiger partial charge is 0.0568 e. The quantitative estimate of drug-likeness (QED) is 0.462. The fourth-order valence-corrected chi connectivity index (χ4v) is 4.69. The number of nitrogen functional groups attached to an aromatic ring is 1. The summed E-state index contributed by atoms with van der Waals surface area (Å²) in [7, 11) is 0. The summed E-state index contributed by atoms with van der Waals surface area (Å²) in [4.78, 5) is 14.0. The van der Waals surface area contributed by atoms with E-state index < -0.39 is 0 Å². The van der Waals surface area contributed by atoms with E-state index >= 15 is 0 Å². The van der Waals surface area contributed by atoms with Crippen molar-refractivity contribution in [2.75, 3.05) is 42.1 Å². The monoisotopic (exact) mass is 454 g/mol. The molecule has 0 unspecified atom stereocenters. The van der Waals surface area contributed by atoms with E-state index in [-0.39, 0.29) is 0 Å². The van der Waals surface area contributed by atoms with E-state index in [0.717, 1.165) is 59.1 Å². The molecule has 5 rings (SSSR count). The van der Waals surface area contributed by atoms with Crippen LogP contribution in [0.15, 0.2) is 67.3 Å². The molecule has 2 fully saturated rings. The lowest BCUT2D eigenvalue weighted by Gasteiger charge is -2.30. The molecule has 2 aliphatic rings. The molecule has 0 spiro atoms. The maximum absolute atomic E-state index is 6.33. The van der Waals surface area contributed by atoms with Crippen LogP contribution in [0.4, 0.5) is 17.1 Å². The molecule has 1 aromatic carbocycles. The summed E-state index contributed by atoms with van der Waals surface area (Å²) in [5.41, 5.74) is 14.5. The van der Waals surface area contributed by atoms with E-state index in [0.29, 0.717) is 6.42 Å². The number of pyridine rings is 2. The number of anilines is 3. The van der Waals surface area contributed by atoms with Gasteiger partial charge >= 0.3 is 0 Å². The highest BCUT2D eigenvalue weighted by molar-refractivity contribution is 5.70. The molecule has 34 heavy (non-hydrogen) atoms. The third kappa shape index (κ3) is 5.39. The third-order valence-electron chi connectivity index (χ3n) is 6.81. The minimum Gasteiger partial charge on any atom is -0.398 e. The van der Waals surface area contributed by atoms with Crippen LogP contribution in [0, 0.1) is 0 Å². The molecule has 2 aliphatic heterocycles. The Balaban J connectivity index is 1.25. The van der Waals surface area contributed by atoms with Crippen LogP contribution < -0.4 is 16.0 Å². The Hall–Kier alpha value is -3.38. The second kappa shape index (κ2) is 10.3. The number of benzene rings is 1. The highest BCUT2D eigenvalue weighted by Crippen LogP contribution is 2.29. The highest BCUT2D eigenvalue weighted by atomic mass is 15.2. The fraction of sp³-hybridized carbons (Fsp3) is 0.357. The molecular weight excluding hydrogens is 420 g/mol. The van der Waals surface area contributed by atoms with Crippen molar-refractivity contribution in [3.8, 4) is 11.1 Å². The molecule has 0 atom stereocenters. The van der Waals surface area contributed by atoms with Gasteiger partial charge in [-0.1, -0.05) is 12.6 Å². The van der Waals surface area contributed by atoms with Crippen LogP contribution in [-0.2, 0) is 13.0 Å². The topological polar surface area (TPSA) is 70.3 Å². The van der Waals surface area contributed by atoms with E-state index in [2.05, 4.69) is 62.0 Å². The zero-order valence-corrected chi connectivity index (χ0v) is 19.8. The number of rotatable bonds is 8. The molecule has 6 heteroatoms. The number of hydrogen-bond donors (Lipinski definition) is 2. The summed E-state index contributed by atoms with van der Waals surface area (Å²) in [6.07, 6.45) is 11.6. The molecule has 0 amide bonds. The van der Waals surface area contributed by atoms with E-state index in [1.807, 2.05) is 24.7 Å². The molecule has 0 aliphatic carbocycles. The number of nitrogens with one attached hydrogen (secondary N) is 1. The Labute approximate surface area is 202 Å². The van der Waals surface area contributed by atoms with Crippen molar-refractivity contribution in [2.24, 2.45) is 0 Å². The molecule has 0 radical (unpaired) electrons. The lowest BCUT2D eigenvalue weighted by atomic mass is 10.00.